The third-order valence-electron chi connectivity index (χ3n) is 2.16. The minimum Gasteiger partial charge on any atom is -0.377 e. The number of nitrogens with two attached hydrogens (primary N) is 1. The van der Waals surface area contributed by atoms with Crippen molar-refractivity contribution in [3.05, 3.63) is 35.4 Å². The first-order valence-corrected chi connectivity index (χ1v) is 5.30. The second-order valence-corrected chi connectivity index (χ2v) is 4.06. The van der Waals surface area contributed by atoms with Gasteiger partial charge in [-0.05, 0) is 31.9 Å². The molecule has 1 aromatic carbocycles. The second kappa shape index (κ2) is 5.92. The van der Waals surface area contributed by atoms with E-state index in [1.54, 1.807) is 0 Å². The summed E-state index contributed by atoms with van der Waals surface area (Å²) in [6, 6.07) is 3.78. The van der Waals surface area contributed by atoms with E-state index in [-0.39, 0.29) is 18.6 Å². The van der Waals surface area contributed by atoms with Crippen LogP contribution in [0.3, 0.4) is 0 Å². The highest BCUT2D eigenvalue weighted by Gasteiger charge is 2.12. The molecule has 16 heavy (non-hydrogen) atoms. The van der Waals surface area contributed by atoms with Gasteiger partial charge in [-0.3, -0.25) is 0 Å². The van der Waals surface area contributed by atoms with E-state index in [9.17, 15) is 8.78 Å². The Bertz CT molecular complexity index is 342. The Labute approximate surface area is 94.4 Å². The van der Waals surface area contributed by atoms with E-state index in [0.717, 1.165) is 6.07 Å². The van der Waals surface area contributed by atoms with Crippen molar-refractivity contribution < 1.29 is 13.5 Å². The Morgan fingerprint density at radius 3 is 2.62 bits per heavy atom. The molecule has 1 rings (SSSR count). The van der Waals surface area contributed by atoms with Crippen molar-refractivity contribution in [3.8, 4) is 0 Å². The van der Waals surface area contributed by atoms with Gasteiger partial charge in [-0.15, -0.1) is 0 Å². The summed E-state index contributed by atoms with van der Waals surface area (Å²) >= 11 is 0. The van der Waals surface area contributed by atoms with Crippen LogP contribution in [-0.4, -0.2) is 18.8 Å². The fraction of sp³-hybridized carbons (Fsp3) is 0.500. The standard InChI is InChI=1S/C12H17F2NO/c1-8(2)16-7-10(15)6-9-4-3-5-11(13)12(9)14/h3-5,8,10H,6-7,15H2,1-2H3. The van der Waals surface area contributed by atoms with Crippen LogP contribution in [0.15, 0.2) is 18.2 Å². The van der Waals surface area contributed by atoms with Gasteiger partial charge in [0.05, 0.1) is 12.7 Å². The second-order valence-electron chi connectivity index (χ2n) is 4.06. The maximum Gasteiger partial charge on any atom is 0.162 e. The van der Waals surface area contributed by atoms with Crippen LogP contribution in [0.5, 0.6) is 0 Å². The first-order chi connectivity index (χ1) is 7.50. The molecule has 0 aliphatic heterocycles. The smallest absolute Gasteiger partial charge is 0.162 e. The van der Waals surface area contributed by atoms with E-state index in [0.29, 0.717) is 12.2 Å². The van der Waals surface area contributed by atoms with Gasteiger partial charge in [-0.1, -0.05) is 12.1 Å². The minimum absolute atomic E-state index is 0.0865. The quantitative estimate of drug-likeness (QED) is 0.840. The Balaban J connectivity index is 2.56. The van der Waals surface area contributed by atoms with E-state index in [2.05, 4.69) is 0 Å². The Kier molecular flexibility index (Phi) is 4.83. The van der Waals surface area contributed by atoms with E-state index >= 15 is 0 Å². The molecule has 0 aliphatic carbocycles. The van der Waals surface area contributed by atoms with Crippen molar-refractivity contribution in [3.63, 3.8) is 0 Å². The highest BCUT2D eigenvalue weighted by Crippen LogP contribution is 2.13. The van der Waals surface area contributed by atoms with Crippen molar-refractivity contribution >= 4 is 0 Å². The van der Waals surface area contributed by atoms with Gasteiger partial charge < -0.3 is 10.5 Å². The summed E-state index contributed by atoms with van der Waals surface area (Å²) in [4.78, 5) is 0. The summed E-state index contributed by atoms with van der Waals surface area (Å²) in [5.74, 6) is -1.66. The minimum atomic E-state index is -0.838. The predicted molar refractivity (Wildman–Crippen MR) is 59.1 cm³/mol. The highest BCUT2D eigenvalue weighted by molar-refractivity contribution is 5.19. The molecule has 0 saturated carbocycles. The van der Waals surface area contributed by atoms with Crippen LogP contribution in [0.1, 0.15) is 19.4 Å². The fourth-order valence-corrected chi connectivity index (χ4v) is 1.36. The number of hydrogen-bond acceptors (Lipinski definition) is 2. The molecule has 0 saturated heterocycles. The van der Waals surface area contributed by atoms with Crippen molar-refractivity contribution in [2.45, 2.75) is 32.4 Å². The van der Waals surface area contributed by atoms with Gasteiger partial charge in [0.2, 0.25) is 0 Å². The van der Waals surface area contributed by atoms with Gasteiger partial charge in [0.1, 0.15) is 0 Å². The third kappa shape index (κ3) is 3.87. The molecule has 0 fully saturated rings. The van der Waals surface area contributed by atoms with Crippen LogP contribution in [0.4, 0.5) is 8.78 Å². The molecule has 1 aromatic rings. The van der Waals surface area contributed by atoms with Gasteiger partial charge in [0.15, 0.2) is 11.6 Å². The van der Waals surface area contributed by atoms with Crippen LogP contribution >= 0.6 is 0 Å². The first-order valence-electron chi connectivity index (χ1n) is 5.30. The summed E-state index contributed by atoms with van der Waals surface area (Å²) in [6.45, 7) is 4.14. The molecule has 0 aromatic heterocycles. The van der Waals surface area contributed by atoms with Crippen molar-refractivity contribution in [1.82, 2.24) is 0 Å². The number of hydrogen-bond donors (Lipinski definition) is 1. The largest absolute Gasteiger partial charge is 0.377 e. The summed E-state index contributed by atoms with van der Waals surface area (Å²) in [7, 11) is 0. The van der Waals surface area contributed by atoms with Crippen LogP contribution in [-0.2, 0) is 11.2 Å². The number of benzene rings is 1. The van der Waals surface area contributed by atoms with Crippen LogP contribution < -0.4 is 5.73 Å². The van der Waals surface area contributed by atoms with Gasteiger partial charge in [0, 0.05) is 6.04 Å². The Hall–Kier alpha value is -1.00. The fourth-order valence-electron chi connectivity index (χ4n) is 1.36. The normalized spacial score (nSPS) is 13.1. The zero-order chi connectivity index (χ0) is 12.1. The van der Waals surface area contributed by atoms with Crippen molar-refractivity contribution in [2.75, 3.05) is 6.61 Å². The van der Waals surface area contributed by atoms with Crippen LogP contribution in [0.2, 0.25) is 0 Å². The van der Waals surface area contributed by atoms with E-state index in [1.807, 2.05) is 13.8 Å². The van der Waals surface area contributed by atoms with Crippen LogP contribution in [0.25, 0.3) is 0 Å². The van der Waals surface area contributed by atoms with Crippen molar-refractivity contribution in [1.29, 1.82) is 0 Å². The summed E-state index contributed by atoms with van der Waals surface area (Å²) < 4.78 is 31.5. The lowest BCUT2D eigenvalue weighted by molar-refractivity contribution is 0.0682. The molecule has 0 heterocycles. The molecule has 2 nitrogen and oxygen atoms in total. The zero-order valence-corrected chi connectivity index (χ0v) is 9.54. The molecule has 90 valence electrons. The molecule has 2 N–H and O–H groups in total. The average molecular weight is 229 g/mol. The van der Waals surface area contributed by atoms with Gasteiger partial charge in [-0.25, -0.2) is 8.78 Å². The molecular formula is C12H17F2NO. The molecule has 4 heteroatoms. The van der Waals surface area contributed by atoms with Crippen molar-refractivity contribution in [2.24, 2.45) is 5.73 Å². The first kappa shape index (κ1) is 13.1. The van der Waals surface area contributed by atoms with Crippen LogP contribution in [0, 0.1) is 11.6 Å². The average Bonchev–Trinajstić information content (AvgIpc) is 2.22. The molecular weight excluding hydrogens is 212 g/mol. The Morgan fingerprint density at radius 1 is 1.31 bits per heavy atom. The summed E-state index contributed by atoms with van der Waals surface area (Å²) in [5.41, 5.74) is 6.05. The molecule has 0 radical (unpaired) electrons. The van der Waals surface area contributed by atoms with Gasteiger partial charge in [-0.2, -0.15) is 0 Å². The van der Waals surface area contributed by atoms with E-state index in [4.69, 9.17) is 10.5 Å². The monoisotopic (exact) mass is 229 g/mol. The molecule has 0 aliphatic rings. The SMILES string of the molecule is CC(C)OCC(N)Cc1cccc(F)c1F. The third-order valence-corrected chi connectivity index (χ3v) is 2.16. The lowest BCUT2D eigenvalue weighted by Gasteiger charge is -2.14. The van der Waals surface area contributed by atoms with Gasteiger partial charge in [0.25, 0.3) is 0 Å². The maximum atomic E-state index is 13.3. The van der Waals surface area contributed by atoms with Gasteiger partial charge >= 0.3 is 0 Å². The van der Waals surface area contributed by atoms with E-state index < -0.39 is 11.6 Å². The lowest BCUT2D eigenvalue weighted by Crippen LogP contribution is -2.30. The lowest BCUT2D eigenvalue weighted by atomic mass is 10.1. The maximum absolute atomic E-state index is 13.3. The number of rotatable bonds is 5. The molecule has 0 spiro atoms. The highest BCUT2D eigenvalue weighted by atomic mass is 19.2. The summed E-state index contributed by atoms with van der Waals surface area (Å²) in [6.07, 6.45) is 0.361. The Morgan fingerprint density at radius 2 is 2.00 bits per heavy atom. The summed E-state index contributed by atoms with van der Waals surface area (Å²) in [5, 5.41) is 0. The molecule has 1 unspecified atom stereocenters. The molecule has 0 amide bonds. The predicted octanol–water partition coefficient (Wildman–Crippen LogP) is 2.26. The number of halogens is 2. The molecule has 1 atom stereocenters. The zero-order valence-electron chi connectivity index (χ0n) is 9.54. The number of ether oxygens (including phenoxy) is 1. The van der Waals surface area contributed by atoms with E-state index in [1.165, 1.54) is 12.1 Å². The molecule has 0 bridgehead atoms. The topological polar surface area (TPSA) is 35.2 Å².